The number of hydrogen-bond acceptors (Lipinski definition) is 4. The quantitative estimate of drug-likeness (QED) is 0.736. The molecule has 1 atom stereocenters. The lowest BCUT2D eigenvalue weighted by molar-refractivity contribution is -0.140. The molecule has 3 heterocycles. The smallest absolute Gasteiger partial charge is 0.225 e. The number of hydrogen-bond donors (Lipinski definition) is 1. The molecule has 0 bridgehead atoms. The normalized spacial score (nSPS) is 23.9. The van der Waals surface area contributed by atoms with Crippen LogP contribution in [-0.2, 0) is 22.1 Å². The maximum absolute atomic E-state index is 13.5. The van der Waals surface area contributed by atoms with E-state index in [-0.39, 0.29) is 29.9 Å². The van der Waals surface area contributed by atoms with Gasteiger partial charge >= 0.3 is 0 Å². The molecule has 2 aromatic rings. The second-order valence-corrected chi connectivity index (χ2v) is 10.9. The number of aromatic nitrogens is 1. The Morgan fingerprint density at radius 1 is 1.15 bits per heavy atom. The first-order valence-electron chi connectivity index (χ1n) is 12.8. The summed E-state index contributed by atoms with van der Waals surface area (Å²) in [5, 5.41) is 11.7. The summed E-state index contributed by atoms with van der Waals surface area (Å²) in [7, 11) is 3.71. The fraction of sp³-hybridized carbons (Fsp3) is 0.630. The number of likely N-dealkylation sites (tertiary alicyclic amines) is 1. The number of ether oxygens (including phenoxy) is 1. The number of carbonyl (C=O) groups is 2. The van der Waals surface area contributed by atoms with Crippen LogP contribution in [0.15, 0.2) is 18.2 Å². The molecule has 2 amide bonds. The Bertz CT molecular complexity index is 1140. The fourth-order valence-corrected chi connectivity index (χ4v) is 6.46. The summed E-state index contributed by atoms with van der Waals surface area (Å²) >= 11 is 0. The second kappa shape index (κ2) is 8.01. The van der Waals surface area contributed by atoms with Crippen molar-refractivity contribution in [2.24, 2.45) is 18.9 Å². The Labute approximate surface area is 200 Å². The number of amides is 2. The van der Waals surface area contributed by atoms with E-state index in [0.717, 1.165) is 68.6 Å². The van der Waals surface area contributed by atoms with Gasteiger partial charge in [-0.3, -0.25) is 9.59 Å². The van der Waals surface area contributed by atoms with Gasteiger partial charge in [-0.15, -0.1) is 0 Å². The lowest BCUT2D eigenvalue weighted by Crippen LogP contribution is -2.56. The minimum Gasteiger partial charge on any atom is -0.497 e. The van der Waals surface area contributed by atoms with Gasteiger partial charge < -0.3 is 24.2 Å². The highest BCUT2D eigenvalue weighted by molar-refractivity contribution is 5.90. The van der Waals surface area contributed by atoms with Gasteiger partial charge in [0.25, 0.3) is 0 Å². The molecule has 2 aliphatic heterocycles. The van der Waals surface area contributed by atoms with Crippen molar-refractivity contribution in [1.82, 2.24) is 14.4 Å². The Kier molecular flexibility index (Phi) is 5.17. The Hall–Kier alpha value is -2.54. The predicted octanol–water partition coefficient (Wildman–Crippen LogP) is 3.13. The molecule has 4 aliphatic rings. The number of aryl methyl sites for hydroxylation is 1. The number of nitrogens with zero attached hydrogens (tertiary/aromatic N) is 3. The number of aliphatic hydroxyl groups excluding tert-OH is 1. The van der Waals surface area contributed by atoms with Crippen LogP contribution in [0.4, 0.5) is 0 Å². The molecule has 7 heteroatoms. The van der Waals surface area contributed by atoms with Crippen LogP contribution in [0.2, 0.25) is 0 Å². The van der Waals surface area contributed by atoms with Gasteiger partial charge in [-0.05, 0) is 62.1 Å². The van der Waals surface area contributed by atoms with Crippen LogP contribution in [0.5, 0.6) is 5.75 Å². The van der Waals surface area contributed by atoms with Crippen LogP contribution in [-0.4, -0.2) is 64.6 Å². The highest BCUT2D eigenvalue weighted by atomic mass is 16.5. The first-order valence-corrected chi connectivity index (χ1v) is 12.8. The molecule has 0 unspecified atom stereocenters. The lowest BCUT2D eigenvalue weighted by Gasteiger charge is -2.50. The fourth-order valence-electron chi connectivity index (χ4n) is 6.46. The number of benzene rings is 1. The van der Waals surface area contributed by atoms with Gasteiger partial charge in [0.1, 0.15) is 5.75 Å². The number of fused-ring (bicyclic) bond motifs is 4. The molecule has 0 radical (unpaired) electrons. The van der Waals surface area contributed by atoms with Crippen molar-refractivity contribution < 1.29 is 19.4 Å². The van der Waals surface area contributed by atoms with Gasteiger partial charge in [0.2, 0.25) is 11.8 Å². The van der Waals surface area contributed by atoms with Gasteiger partial charge in [-0.1, -0.05) is 0 Å². The van der Waals surface area contributed by atoms with Crippen LogP contribution in [0.3, 0.4) is 0 Å². The molecule has 1 aromatic heterocycles. The summed E-state index contributed by atoms with van der Waals surface area (Å²) in [6.45, 7) is 1.99. The van der Waals surface area contributed by atoms with E-state index in [9.17, 15) is 14.7 Å². The average molecular weight is 466 g/mol. The lowest BCUT2D eigenvalue weighted by atomic mass is 9.68. The number of aliphatic hydroxyl groups is 1. The van der Waals surface area contributed by atoms with Gasteiger partial charge in [-0.2, -0.15) is 0 Å². The van der Waals surface area contributed by atoms with E-state index in [0.29, 0.717) is 24.8 Å². The minimum atomic E-state index is -0.346. The number of rotatable bonds is 5. The van der Waals surface area contributed by atoms with Gasteiger partial charge in [0.05, 0.1) is 25.3 Å². The van der Waals surface area contributed by atoms with Crippen molar-refractivity contribution in [3.05, 3.63) is 29.5 Å². The highest BCUT2D eigenvalue weighted by Gasteiger charge is 2.50. The largest absolute Gasteiger partial charge is 0.497 e. The molecule has 6 rings (SSSR count). The van der Waals surface area contributed by atoms with Crippen LogP contribution >= 0.6 is 0 Å². The molecule has 1 saturated heterocycles. The SMILES string of the molecule is COc1ccc2c3c(n(C)c2c1)[C@@H](CO)N(C(=O)CC1CC1)CC31CCN(C(=O)C2CC2)CC1. The first-order chi connectivity index (χ1) is 16.5. The minimum absolute atomic E-state index is 0.0902. The summed E-state index contributed by atoms with van der Waals surface area (Å²) in [6.07, 6.45) is 6.57. The van der Waals surface area contributed by atoms with E-state index < -0.39 is 0 Å². The topological polar surface area (TPSA) is 75.0 Å². The summed E-state index contributed by atoms with van der Waals surface area (Å²) in [6, 6.07) is 5.84. The molecular formula is C27H35N3O4. The molecule has 2 saturated carbocycles. The highest BCUT2D eigenvalue weighted by Crippen LogP contribution is 2.51. The average Bonchev–Trinajstić information content (AvgIpc) is 3.78. The van der Waals surface area contributed by atoms with Crippen LogP contribution in [0.25, 0.3) is 10.9 Å². The summed E-state index contributed by atoms with van der Waals surface area (Å²) in [5.74, 6) is 2.00. The maximum atomic E-state index is 13.5. The van der Waals surface area contributed by atoms with E-state index in [1.807, 2.05) is 22.9 Å². The number of methoxy groups -OCH3 is 1. The third-order valence-corrected chi connectivity index (χ3v) is 8.76. The van der Waals surface area contributed by atoms with Crippen molar-refractivity contribution in [3.63, 3.8) is 0 Å². The molecule has 34 heavy (non-hydrogen) atoms. The maximum Gasteiger partial charge on any atom is 0.225 e. The molecule has 182 valence electrons. The van der Waals surface area contributed by atoms with E-state index in [4.69, 9.17) is 4.74 Å². The predicted molar refractivity (Wildman–Crippen MR) is 129 cm³/mol. The molecule has 1 spiro atoms. The Morgan fingerprint density at radius 2 is 1.88 bits per heavy atom. The molecule has 1 aromatic carbocycles. The van der Waals surface area contributed by atoms with E-state index in [1.54, 1.807) is 7.11 Å². The zero-order chi connectivity index (χ0) is 23.6. The van der Waals surface area contributed by atoms with E-state index in [2.05, 4.69) is 16.7 Å². The van der Waals surface area contributed by atoms with Crippen molar-refractivity contribution in [1.29, 1.82) is 0 Å². The van der Waals surface area contributed by atoms with Crippen molar-refractivity contribution in [2.75, 3.05) is 33.4 Å². The second-order valence-electron chi connectivity index (χ2n) is 10.9. The summed E-state index contributed by atoms with van der Waals surface area (Å²) in [5.41, 5.74) is 3.16. The summed E-state index contributed by atoms with van der Waals surface area (Å²) < 4.78 is 7.67. The van der Waals surface area contributed by atoms with Crippen molar-refractivity contribution in [2.45, 2.75) is 56.4 Å². The standard InChI is InChI=1S/C27H35N3O4/c1-28-21-14-19(34-2)7-8-20(21)24-25(28)22(15-31)30(23(32)13-17-3-4-17)16-27(24)9-11-29(12-10-27)26(33)18-5-6-18/h7-8,14,17-18,22,31H,3-6,9-13,15-16H2,1-2H3/t22-/m1/s1. The first kappa shape index (κ1) is 22.0. The molecular weight excluding hydrogens is 430 g/mol. The molecule has 2 aliphatic carbocycles. The van der Waals surface area contributed by atoms with Crippen LogP contribution in [0.1, 0.15) is 62.2 Å². The van der Waals surface area contributed by atoms with Gasteiger partial charge in [0.15, 0.2) is 0 Å². The Morgan fingerprint density at radius 3 is 2.50 bits per heavy atom. The summed E-state index contributed by atoms with van der Waals surface area (Å²) in [4.78, 5) is 30.3. The van der Waals surface area contributed by atoms with Crippen molar-refractivity contribution >= 4 is 22.7 Å². The van der Waals surface area contributed by atoms with Gasteiger partial charge in [-0.25, -0.2) is 0 Å². The molecule has 3 fully saturated rings. The number of carbonyl (C=O) groups excluding carboxylic acids is 2. The van der Waals surface area contributed by atoms with Crippen LogP contribution in [0, 0.1) is 11.8 Å². The third-order valence-electron chi connectivity index (χ3n) is 8.76. The zero-order valence-corrected chi connectivity index (χ0v) is 20.3. The van der Waals surface area contributed by atoms with E-state index >= 15 is 0 Å². The monoisotopic (exact) mass is 465 g/mol. The van der Waals surface area contributed by atoms with E-state index in [1.165, 1.54) is 10.9 Å². The van der Waals surface area contributed by atoms with Gasteiger partial charge in [0, 0.05) is 61.6 Å². The number of piperidine rings is 1. The molecule has 1 N–H and O–H groups in total. The van der Waals surface area contributed by atoms with Crippen molar-refractivity contribution in [3.8, 4) is 5.75 Å². The third kappa shape index (κ3) is 3.43. The molecule has 7 nitrogen and oxygen atoms in total. The van der Waals surface area contributed by atoms with Crippen LogP contribution < -0.4 is 4.74 Å². The Balaban J connectivity index is 1.45. The zero-order valence-electron chi connectivity index (χ0n) is 20.3.